The highest BCUT2D eigenvalue weighted by Gasteiger charge is 2.55. The summed E-state index contributed by atoms with van der Waals surface area (Å²) in [5, 5.41) is 10.1. The van der Waals surface area contributed by atoms with Crippen molar-refractivity contribution in [2.45, 2.75) is 43.9 Å². The molecule has 1 spiro atoms. The summed E-state index contributed by atoms with van der Waals surface area (Å²) >= 11 is 0. The van der Waals surface area contributed by atoms with Crippen LogP contribution in [0.5, 0.6) is 11.5 Å². The van der Waals surface area contributed by atoms with Crippen LogP contribution in [0.25, 0.3) is 0 Å². The SMILES string of the molecule is C#CC[N+]1(C)CCC23C=C[C@@H](O)C[C@H]2Oc2c(OC)cc(C)c(c23)C1.[Br-]. The number of ether oxygens (including phenoxy) is 2. The largest absolute Gasteiger partial charge is 1.00 e. The van der Waals surface area contributed by atoms with Gasteiger partial charge in [-0.05, 0) is 24.5 Å². The molecule has 0 fully saturated rings. The van der Waals surface area contributed by atoms with Gasteiger partial charge in [-0.3, -0.25) is 0 Å². The van der Waals surface area contributed by atoms with Crippen LogP contribution in [0.15, 0.2) is 18.2 Å². The number of hydrogen-bond donors (Lipinski definition) is 1. The molecule has 1 aromatic rings. The minimum Gasteiger partial charge on any atom is -1.00 e. The second-order valence-electron chi connectivity index (χ2n) is 8.00. The molecular formula is C21H26BrNO3. The molecule has 26 heavy (non-hydrogen) atoms. The summed E-state index contributed by atoms with van der Waals surface area (Å²) in [6, 6.07) is 2.07. The van der Waals surface area contributed by atoms with Crippen LogP contribution in [-0.2, 0) is 12.0 Å². The van der Waals surface area contributed by atoms with Crippen molar-refractivity contribution in [1.82, 2.24) is 0 Å². The van der Waals surface area contributed by atoms with Gasteiger partial charge in [0.15, 0.2) is 11.5 Å². The van der Waals surface area contributed by atoms with Crippen LogP contribution in [0.2, 0.25) is 0 Å². The van der Waals surface area contributed by atoms with Crippen LogP contribution in [0.4, 0.5) is 0 Å². The first-order valence-corrected chi connectivity index (χ1v) is 8.94. The third-order valence-electron chi connectivity index (χ3n) is 6.25. The highest BCUT2D eigenvalue weighted by atomic mass is 79.9. The molecule has 0 radical (unpaired) electrons. The lowest BCUT2D eigenvalue weighted by atomic mass is 9.68. The summed E-state index contributed by atoms with van der Waals surface area (Å²) in [7, 11) is 3.93. The van der Waals surface area contributed by atoms with E-state index in [-0.39, 0.29) is 28.5 Å². The van der Waals surface area contributed by atoms with Crippen molar-refractivity contribution in [2.24, 2.45) is 0 Å². The Labute approximate surface area is 166 Å². The number of terminal acetylenes is 1. The van der Waals surface area contributed by atoms with Crippen molar-refractivity contribution in [3.63, 3.8) is 0 Å². The summed E-state index contributed by atoms with van der Waals surface area (Å²) in [4.78, 5) is 0. The molecule has 0 amide bonds. The topological polar surface area (TPSA) is 38.7 Å². The molecule has 1 aliphatic carbocycles. The van der Waals surface area contributed by atoms with E-state index in [1.807, 2.05) is 6.08 Å². The standard InChI is InChI=1S/C21H26NO3.BrH/c1-5-9-22(3)10-8-21-7-6-15(23)12-18(21)25-20-17(24-4)11-14(2)16(13-22)19(20)21;/h1,6-7,11,15,18,23H,8-10,12-13H2,2-4H3;1H/q+1;/p-1/t15-,18-,21?,22?;/m1./s1. The fourth-order valence-corrected chi connectivity index (χ4v) is 4.85. The molecular weight excluding hydrogens is 394 g/mol. The quantitative estimate of drug-likeness (QED) is 0.391. The molecule has 1 N–H and O–H groups in total. The maximum absolute atomic E-state index is 10.1. The molecule has 140 valence electrons. The highest BCUT2D eigenvalue weighted by Crippen LogP contribution is 2.56. The van der Waals surface area contributed by atoms with Crippen molar-refractivity contribution in [3.8, 4) is 23.8 Å². The number of halogens is 1. The number of aryl methyl sites for hydroxylation is 1. The number of aliphatic hydroxyl groups is 1. The van der Waals surface area contributed by atoms with Gasteiger partial charge in [0.2, 0.25) is 0 Å². The Morgan fingerprint density at radius 1 is 1.50 bits per heavy atom. The normalized spacial score (nSPS) is 33.8. The van der Waals surface area contributed by atoms with E-state index < -0.39 is 6.10 Å². The zero-order chi connectivity index (χ0) is 17.8. The molecule has 4 rings (SSSR count). The maximum Gasteiger partial charge on any atom is 0.166 e. The lowest BCUT2D eigenvalue weighted by molar-refractivity contribution is -0.915. The Balaban J connectivity index is 0.00000196. The fraction of sp³-hybridized carbons (Fsp3) is 0.524. The van der Waals surface area contributed by atoms with Gasteiger partial charge in [0.25, 0.3) is 0 Å². The molecule has 3 aliphatic rings. The molecule has 0 aromatic heterocycles. The number of quaternary nitrogens is 1. The molecule has 2 unspecified atom stereocenters. The van der Waals surface area contributed by atoms with Crippen LogP contribution in [0.3, 0.4) is 0 Å². The minimum atomic E-state index is -0.449. The van der Waals surface area contributed by atoms with E-state index in [0.29, 0.717) is 13.0 Å². The van der Waals surface area contributed by atoms with Crippen LogP contribution in [0.1, 0.15) is 29.5 Å². The lowest BCUT2D eigenvalue weighted by Crippen LogP contribution is -3.00. The van der Waals surface area contributed by atoms with E-state index in [2.05, 4.69) is 32.0 Å². The van der Waals surface area contributed by atoms with Crippen LogP contribution >= 0.6 is 0 Å². The van der Waals surface area contributed by atoms with E-state index in [1.165, 1.54) is 16.7 Å². The average Bonchev–Trinajstić information content (AvgIpc) is 2.83. The Morgan fingerprint density at radius 3 is 2.96 bits per heavy atom. The average molecular weight is 420 g/mol. The van der Waals surface area contributed by atoms with E-state index in [9.17, 15) is 5.11 Å². The van der Waals surface area contributed by atoms with Crippen molar-refractivity contribution < 1.29 is 36.0 Å². The summed E-state index contributed by atoms with van der Waals surface area (Å²) in [5.41, 5.74) is 3.63. The zero-order valence-electron chi connectivity index (χ0n) is 15.6. The van der Waals surface area contributed by atoms with E-state index >= 15 is 0 Å². The Bertz CT molecular complexity index is 799. The molecule has 0 bridgehead atoms. The predicted octanol–water partition coefficient (Wildman–Crippen LogP) is -0.689. The Morgan fingerprint density at radius 2 is 2.27 bits per heavy atom. The molecule has 4 atom stereocenters. The van der Waals surface area contributed by atoms with Gasteiger partial charge in [0.05, 0.1) is 32.2 Å². The second kappa shape index (κ2) is 6.60. The maximum atomic E-state index is 10.1. The number of hydrogen-bond acceptors (Lipinski definition) is 3. The van der Waals surface area contributed by atoms with Gasteiger partial charge in [-0.15, -0.1) is 6.42 Å². The molecule has 0 saturated heterocycles. The number of methoxy groups -OCH3 is 1. The van der Waals surface area contributed by atoms with E-state index in [0.717, 1.165) is 35.5 Å². The number of aliphatic hydroxyl groups excluding tert-OH is 1. The van der Waals surface area contributed by atoms with Crippen molar-refractivity contribution >= 4 is 0 Å². The molecule has 2 heterocycles. The van der Waals surface area contributed by atoms with Gasteiger partial charge in [-0.1, -0.05) is 12.2 Å². The first-order chi connectivity index (χ1) is 11.9. The van der Waals surface area contributed by atoms with Gasteiger partial charge in [-0.2, -0.15) is 0 Å². The first kappa shape index (κ1) is 19.3. The highest BCUT2D eigenvalue weighted by molar-refractivity contribution is 5.63. The third kappa shape index (κ3) is 2.67. The molecule has 0 saturated carbocycles. The van der Waals surface area contributed by atoms with E-state index in [4.69, 9.17) is 15.9 Å². The van der Waals surface area contributed by atoms with Gasteiger partial charge >= 0.3 is 0 Å². The van der Waals surface area contributed by atoms with Crippen molar-refractivity contribution in [2.75, 3.05) is 27.2 Å². The minimum absolute atomic E-state index is 0. The number of rotatable bonds is 2. The van der Waals surface area contributed by atoms with Crippen molar-refractivity contribution in [3.05, 3.63) is 34.9 Å². The van der Waals surface area contributed by atoms with Gasteiger partial charge < -0.3 is 36.0 Å². The summed E-state index contributed by atoms with van der Waals surface area (Å²) < 4.78 is 12.8. The third-order valence-corrected chi connectivity index (χ3v) is 6.25. The summed E-state index contributed by atoms with van der Waals surface area (Å²) in [6.45, 7) is 4.75. The molecule has 1 aromatic carbocycles. The summed E-state index contributed by atoms with van der Waals surface area (Å²) in [5.74, 6) is 4.52. The summed E-state index contributed by atoms with van der Waals surface area (Å²) in [6.07, 6.45) is 10.9. The van der Waals surface area contributed by atoms with Gasteiger partial charge in [0, 0.05) is 24.0 Å². The monoisotopic (exact) mass is 419 g/mol. The molecule has 4 nitrogen and oxygen atoms in total. The zero-order valence-corrected chi connectivity index (χ0v) is 17.2. The second-order valence-corrected chi connectivity index (χ2v) is 8.00. The fourth-order valence-electron chi connectivity index (χ4n) is 4.85. The predicted molar refractivity (Wildman–Crippen MR) is 96.7 cm³/mol. The Kier molecular flexibility index (Phi) is 4.89. The van der Waals surface area contributed by atoms with Crippen LogP contribution in [-0.4, -0.2) is 49.0 Å². The molecule has 5 heteroatoms. The molecule has 2 aliphatic heterocycles. The lowest BCUT2D eigenvalue weighted by Gasteiger charge is -2.36. The van der Waals surface area contributed by atoms with Crippen LogP contribution in [0, 0.1) is 19.3 Å². The smallest absolute Gasteiger partial charge is 0.166 e. The van der Waals surface area contributed by atoms with Gasteiger partial charge in [0.1, 0.15) is 19.2 Å². The Hall–Kier alpha value is -1.48. The van der Waals surface area contributed by atoms with Crippen molar-refractivity contribution in [1.29, 1.82) is 0 Å². The number of benzene rings is 1. The van der Waals surface area contributed by atoms with Crippen LogP contribution < -0.4 is 26.5 Å². The van der Waals surface area contributed by atoms with Gasteiger partial charge in [-0.25, -0.2) is 0 Å². The van der Waals surface area contributed by atoms with E-state index in [1.54, 1.807) is 7.11 Å². The first-order valence-electron chi connectivity index (χ1n) is 8.94. The number of nitrogens with zero attached hydrogens (tertiary/aromatic N) is 1.